The number of rotatable bonds is 3. The molecule has 0 saturated carbocycles. The van der Waals surface area contributed by atoms with Crippen molar-refractivity contribution in [2.45, 2.75) is 13.0 Å². The molecule has 4 rings (SSSR count). The van der Waals surface area contributed by atoms with Crippen LogP contribution in [0.2, 0.25) is 0 Å². The van der Waals surface area contributed by atoms with E-state index >= 15 is 0 Å². The monoisotopic (exact) mass is 378 g/mol. The summed E-state index contributed by atoms with van der Waals surface area (Å²) in [7, 11) is 0. The molecule has 0 saturated heterocycles. The molecule has 3 heterocycles. The summed E-state index contributed by atoms with van der Waals surface area (Å²) in [4.78, 5) is 16.4. The summed E-state index contributed by atoms with van der Waals surface area (Å²) in [5, 5.41) is 8.14. The number of benzene rings is 1. The predicted molar refractivity (Wildman–Crippen MR) is 87.8 cm³/mol. The van der Waals surface area contributed by atoms with Gasteiger partial charge in [0.1, 0.15) is 5.75 Å². The van der Waals surface area contributed by atoms with Crippen LogP contribution in [0.4, 0.5) is 5.13 Å². The first-order valence-electron chi connectivity index (χ1n) is 6.73. The molecule has 1 aromatic carbocycles. The van der Waals surface area contributed by atoms with E-state index in [9.17, 15) is 4.79 Å². The van der Waals surface area contributed by atoms with E-state index < -0.39 is 0 Å². The van der Waals surface area contributed by atoms with Crippen molar-refractivity contribution < 1.29 is 4.74 Å². The molecule has 1 aliphatic rings. The van der Waals surface area contributed by atoms with E-state index in [1.165, 1.54) is 33.7 Å². The molecule has 3 aromatic rings. The molecule has 2 aromatic heterocycles. The van der Waals surface area contributed by atoms with Crippen LogP contribution in [0.25, 0.3) is 4.96 Å². The van der Waals surface area contributed by atoms with Gasteiger partial charge in [0.2, 0.25) is 10.1 Å². The topological polar surface area (TPSA) is 68.5 Å². The van der Waals surface area contributed by atoms with Crippen molar-refractivity contribution >= 4 is 37.4 Å². The van der Waals surface area contributed by atoms with Gasteiger partial charge in [-0.15, -0.1) is 5.10 Å². The lowest BCUT2D eigenvalue weighted by molar-refractivity contribution is 0.354. The molecule has 8 heteroatoms. The van der Waals surface area contributed by atoms with E-state index in [4.69, 9.17) is 4.74 Å². The minimum absolute atomic E-state index is 0.180. The molecule has 0 bridgehead atoms. The number of hydrogen-bond donors (Lipinski definition) is 1. The summed E-state index contributed by atoms with van der Waals surface area (Å²) in [6.07, 6.45) is 2.43. The molecule has 22 heavy (non-hydrogen) atoms. The number of anilines is 1. The lowest BCUT2D eigenvalue weighted by Gasteiger charge is -2.09. The zero-order valence-electron chi connectivity index (χ0n) is 11.4. The smallest absolute Gasteiger partial charge is 0.275 e. The third kappa shape index (κ3) is 2.38. The van der Waals surface area contributed by atoms with Crippen LogP contribution in [-0.2, 0) is 13.0 Å². The van der Waals surface area contributed by atoms with Gasteiger partial charge >= 0.3 is 0 Å². The lowest BCUT2D eigenvalue weighted by Crippen LogP contribution is -2.12. The van der Waals surface area contributed by atoms with Gasteiger partial charge < -0.3 is 10.1 Å². The number of aromatic nitrogens is 3. The fourth-order valence-electron chi connectivity index (χ4n) is 2.46. The van der Waals surface area contributed by atoms with E-state index in [1.807, 2.05) is 6.07 Å². The zero-order valence-corrected chi connectivity index (χ0v) is 13.8. The molecule has 1 aliphatic heterocycles. The van der Waals surface area contributed by atoms with Crippen molar-refractivity contribution in [1.82, 2.24) is 14.6 Å². The normalized spacial score (nSPS) is 13.1. The Hall–Kier alpha value is -1.93. The van der Waals surface area contributed by atoms with Gasteiger partial charge in [0.15, 0.2) is 0 Å². The third-order valence-electron chi connectivity index (χ3n) is 3.43. The van der Waals surface area contributed by atoms with Gasteiger partial charge in [-0.25, -0.2) is 4.98 Å². The standard InChI is InChI=1S/C14H11BrN4O2S/c15-10-5-8-2-4-21-12(8)9(6-10)7-17-13-18-19-11(20)1-3-16-14(19)22-13/h1,3,5-6H,2,4,7H2,(H,17,18). The van der Waals surface area contributed by atoms with Gasteiger partial charge in [0.25, 0.3) is 5.56 Å². The zero-order chi connectivity index (χ0) is 15.1. The molecule has 0 atom stereocenters. The van der Waals surface area contributed by atoms with E-state index in [-0.39, 0.29) is 5.56 Å². The Bertz CT molecular complexity index is 921. The van der Waals surface area contributed by atoms with E-state index in [0.717, 1.165) is 28.8 Å². The van der Waals surface area contributed by atoms with Crippen LogP contribution >= 0.6 is 27.3 Å². The molecule has 0 fully saturated rings. The fourth-order valence-corrected chi connectivity index (χ4v) is 3.79. The van der Waals surface area contributed by atoms with Gasteiger partial charge in [-0.05, 0) is 17.7 Å². The highest BCUT2D eigenvalue weighted by molar-refractivity contribution is 9.10. The minimum Gasteiger partial charge on any atom is -0.493 e. The largest absolute Gasteiger partial charge is 0.493 e. The first-order valence-corrected chi connectivity index (χ1v) is 8.34. The number of ether oxygens (including phenoxy) is 1. The highest BCUT2D eigenvalue weighted by Crippen LogP contribution is 2.33. The highest BCUT2D eigenvalue weighted by atomic mass is 79.9. The second-order valence-electron chi connectivity index (χ2n) is 4.89. The molecule has 0 unspecified atom stereocenters. The SMILES string of the molecule is O=c1ccnc2sc(NCc3cc(Br)cc4c3OCC4)nn12. The summed E-state index contributed by atoms with van der Waals surface area (Å²) in [6, 6.07) is 5.52. The van der Waals surface area contributed by atoms with Crippen molar-refractivity contribution in [2.24, 2.45) is 0 Å². The first-order chi connectivity index (χ1) is 10.7. The van der Waals surface area contributed by atoms with E-state index in [2.05, 4.69) is 37.4 Å². The third-order valence-corrected chi connectivity index (χ3v) is 4.76. The maximum absolute atomic E-state index is 11.7. The van der Waals surface area contributed by atoms with Gasteiger partial charge in [0, 0.05) is 35.3 Å². The highest BCUT2D eigenvalue weighted by Gasteiger charge is 2.17. The van der Waals surface area contributed by atoms with Gasteiger partial charge in [-0.1, -0.05) is 27.3 Å². The Balaban J connectivity index is 1.62. The van der Waals surface area contributed by atoms with E-state index in [1.54, 1.807) is 0 Å². The maximum Gasteiger partial charge on any atom is 0.275 e. The summed E-state index contributed by atoms with van der Waals surface area (Å²) in [5.41, 5.74) is 2.11. The number of nitrogens with zero attached hydrogens (tertiary/aromatic N) is 3. The van der Waals surface area contributed by atoms with Crippen LogP contribution in [-0.4, -0.2) is 21.2 Å². The molecule has 0 radical (unpaired) electrons. The Kier molecular flexibility index (Phi) is 3.34. The van der Waals surface area contributed by atoms with Crippen LogP contribution in [0.5, 0.6) is 5.75 Å². The quantitative estimate of drug-likeness (QED) is 0.757. The van der Waals surface area contributed by atoms with E-state index in [0.29, 0.717) is 16.6 Å². The second kappa shape index (κ2) is 5.36. The summed E-state index contributed by atoms with van der Waals surface area (Å²) in [6.45, 7) is 1.30. The fraction of sp³-hybridized carbons (Fsp3) is 0.214. The second-order valence-corrected chi connectivity index (χ2v) is 6.76. The Morgan fingerprint density at radius 3 is 3.23 bits per heavy atom. The van der Waals surface area contributed by atoms with Crippen molar-refractivity contribution in [3.05, 3.63) is 50.3 Å². The summed E-state index contributed by atoms with van der Waals surface area (Å²) in [5.74, 6) is 0.951. The molecule has 112 valence electrons. The molecular weight excluding hydrogens is 368 g/mol. The Morgan fingerprint density at radius 2 is 2.36 bits per heavy atom. The molecular formula is C14H11BrN4O2S. The Labute approximate surface area is 137 Å². The van der Waals surface area contributed by atoms with Crippen molar-refractivity contribution in [1.29, 1.82) is 0 Å². The Morgan fingerprint density at radius 1 is 1.45 bits per heavy atom. The van der Waals surface area contributed by atoms with Crippen molar-refractivity contribution in [3.8, 4) is 5.75 Å². The average Bonchev–Trinajstić information content (AvgIpc) is 3.11. The van der Waals surface area contributed by atoms with Gasteiger partial charge in [0.05, 0.1) is 6.61 Å². The van der Waals surface area contributed by atoms with Crippen LogP contribution in [0, 0.1) is 0 Å². The van der Waals surface area contributed by atoms with Gasteiger partial charge in [-0.2, -0.15) is 4.52 Å². The molecule has 1 N–H and O–H groups in total. The van der Waals surface area contributed by atoms with Crippen LogP contribution in [0.15, 0.2) is 33.7 Å². The van der Waals surface area contributed by atoms with Gasteiger partial charge in [-0.3, -0.25) is 4.79 Å². The number of fused-ring (bicyclic) bond motifs is 2. The first kappa shape index (κ1) is 13.7. The average molecular weight is 379 g/mol. The number of nitrogens with one attached hydrogen (secondary N) is 1. The number of halogens is 1. The summed E-state index contributed by atoms with van der Waals surface area (Å²) < 4.78 is 8.04. The van der Waals surface area contributed by atoms with Crippen LogP contribution < -0.4 is 15.6 Å². The maximum atomic E-state index is 11.7. The van der Waals surface area contributed by atoms with Crippen molar-refractivity contribution in [3.63, 3.8) is 0 Å². The van der Waals surface area contributed by atoms with Crippen LogP contribution in [0.3, 0.4) is 0 Å². The lowest BCUT2D eigenvalue weighted by atomic mass is 10.1. The molecule has 6 nitrogen and oxygen atoms in total. The molecule has 0 spiro atoms. The molecule has 0 aliphatic carbocycles. The summed E-state index contributed by atoms with van der Waals surface area (Å²) >= 11 is 4.87. The van der Waals surface area contributed by atoms with Crippen LogP contribution in [0.1, 0.15) is 11.1 Å². The number of hydrogen-bond acceptors (Lipinski definition) is 6. The predicted octanol–water partition coefficient (Wildman–Crippen LogP) is 2.46. The molecule has 0 amide bonds. The minimum atomic E-state index is -0.180. The van der Waals surface area contributed by atoms with Crippen molar-refractivity contribution in [2.75, 3.05) is 11.9 Å².